The molecule has 4 aromatic carbocycles. The third kappa shape index (κ3) is 6.42. The summed E-state index contributed by atoms with van der Waals surface area (Å²) < 4.78 is 13.0. The van der Waals surface area contributed by atoms with E-state index >= 15 is 0 Å². The lowest BCUT2D eigenvalue weighted by Crippen LogP contribution is -2.31. The first-order valence-electron chi connectivity index (χ1n) is 11.5. The van der Waals surface area contributed by atoms with Gasteiger partial charge in [0, 0.05) is 17.8 Å². The largest absolute Gasteiger partial charge is 0.352 e. The Morgan fingerprint density at radius 2 is 1.37 bits per heavy atom. The molecule has 0 unspecified atom stereocenters. The summed E-state index contributed by atoms with van der Waals surface area (Å²) in [6.45, 7) is 2.71. The Morgan fingerprint density at radius 3 is 2.06 bits per heavy atom. The quantitative estimate of drug-likeness (QED) is 0.355. The van der Waals surface area contributed by atoms with Crippen LogP contribution in [0.5, 0.6) is 0 Å². The number of carbonyl (C=O) groups excluding carboxylic acids is 2. The van der Waals surface area contributed by atoms with Crippen molar-refractivity contribution < 1.29 is 14.0 Å². The van der Waals surface area contributed by atoms with Crippen molar-refractivity contribution in [1.82, 2.24) is 5.32 Å². The van der Waals surface area contributed by atoms with Gasteiger partial charge in [0.05, 0.1) is 13.0 Å². The van der Waals surface area contributed by atoms with Gasteiger partial charge in [-0.2, -0.15) is 0 Å². The fourth-order valence-corrected chi connectivity index (χ4v) is 3.85. The number of benzene rings is 4. The van der Waals surface area contributed by atoms with Crippen molar-refractivity contribution in [3.63, 3.8) is 0 Å². The van der Waals surface area contributed by atoms with Gasteiger partial charge < -0.3 is 10.2 Å². The van der Waals surface area contributed by atoms with Crippen molar-refractivity contribution in [3.05, 3.63) is 137 Å². The van der Waals surface area contributed by atoms with Gasteiger partial charge in [-0.25, -0.2) is 4.39 Å². The fraction of sp³-hybridized carbons (Fsp3) is 0.133. The van der Waals surface area contributed by atoms with Crippen LogP contribution in [-0.4, -0.2) is 11.8 Å². The first-order valence-corrected chi connectivity index (χ1v) is 11.5. The number of halogens is 1. The summed E-state index contributed by atoms with van der Waals surface area (Å²) in [6, 6.07) is 31.0. The van der Waals surface area contributed by atoms with Crippen LogP contribution in [0.15, 0.2) is 103 Å². The highest BCUT2D eigenvalue weighted by molar-refractivity contribution is 6.07. The van der Waals surface area contributed by atoms with E-state index < -0.39 is 0 Å². The van der Waals surface area contributed by atoms with E-state index in [0.717, 1.165) is 27.9 Å². The zero-order chi connectivity index (χ0) is 24.6. The molecule has 4 aromatic rings. The smallest absolute Gasteiger partial charge is 0.258 e. The van der Waals surface area contributed by atoms with Crippen molar-refractivity contribution in [1.29, 1.82) is 0 Å². The van der Waals surface area contributed by atoms with Crippen LogP contribution < -0.4 is 10.2 Å². The summed E-state index contributed by atoms with van der Waals surface area (Å²) in [6.07, 6.45) is 0.214. The standard InChI is InChI=1S/C30H27FN2O2/c1-22-7-5-6-10-28(22)30(35)33(21-25-8-3-2-4-9-25)27-17-13-23(14-18-27)19-29(34)32-20-24-11-15-26(31)16-12-24/h2-18H,19-21H2,1H3,(H,32,34). The Hall–Kier alpha value is -4.25. The van der Waals surface area contributed by atoms with Gasteiger partial charge in [0.1, 0.15) is 5.82 Å². The number of hydrogen-bond donors (Lipinski definition) is 1. The number of anilines is 1. The Balaban J connectivity index is 1.47. The summed E-state index contributed by atoms with van der Waals surface area (Å²) in [7, 11) is 0. The molecule has 0 radical (unpaired) electrons. The number of hydrogen-bond acceptors (Lipinski definition) is 2. The number of amides is 2. The van der Waals surface area contributed by atoms with E-state index in [1.165, 1.54) is 12.1 Å². The molecule has 5 heteroatoms. The highest BCUT2D eigenvalue weighted by Gasteiger charge is 2.20. The maximum atomic E-state index is 13.5. The Morgan fingerprint density at radius 1 is 0.743 bits per heavy atom. The number of rotatable bonds is 8. The van der Waals surface area contributed by atoms with E-state index in [1.54, 1.807) is 17.0 Å². The zero-order valence-corrected chi connectivity index (χ0v) is 19.6. The predicted octanol–water partition coefficient (Wildman–Crippen LogP) is 5.84. The molecule has 0 saturated carbocycles. The summed E-state index contributed by atoms with van der Waals surface area (Å²) in [5.41, 5.74) is 5.05. The first kappa shape index (κ1) is 23.9. The lowest BCUT2D eigenvalue weighted by Gasteiger charge is -2.24. The summed E-state index contributed by atoms with van der Waals surface area (Å²) in [4.78, 5) is 27.7. The van der Waals surface area contributed by atoms with Crippen LogP contribution in [0, 0.1) is 12.7 Å². The normalized spacial score (nSPS) is 10.6. The Labute approximate surface area is 205 Å². The van der Waals surface area contributed by atoms with Crippen LogP contribution in [0.2, 0.25) is 0 Å². The average molecular weight is 467 g/mol. The minimum atomic E-state index is -0.303. The van der Waals surface area contributed by atoms with Crippen molar-refractivity contribution in [2.45, 2.75) is 26.4 Å². The topological polar surface area (TPSA) is 49.4 Å². The molecule has 0 heterocycles. The van der Waals surface area contributed by atoms with Gasteiger partial charge in [0.2, 0.25) is 5.91 Å². The molecule has 0 atom stereocenters. The first-order chi connectivity index (χ1) is 17.0. The van der Waals surface area contributed by atoms with E-state index in [1.807, 2.05) is 85.8 Å². The molecular formula is C30H27FN2O2. The monoisotopic (exact) mass is 466 g/mol. The second kappa shape index (κ2) is 11.3. The van der Waals surface area contributed by atoms with Gasteiger partial charge in [-0.1, -0.05) is 72.8 Å². The Kier molecular flexibility index (Phi) is 7.68. The minimum Gasteiger partial charge on any atom is -0.352 e. The number of nitrogens with one attached hydrogen (secondary N) is 1. The summed E-state index contributed by atoms with van der Waals surface area (Å²) in [5, 5.41) is 2.86. The van der Waals surface area contributed by atoms with E-state index in [4.69, 9.17) is 0 Å². The molecule has 4 rings (SSSR count). The van der Waals surface area contributed by atoms with Gasteiger partial charge >= 0.3 is 0 Å². The average Bonchev–Trinajstić information content (AvgIpc) is 2.88. The fourth-order valence-electron chi connectivity index (χ4n) is 3.85. The highest BCUT2D eigenvalue weighted by atomic mass is 19.1. The minimum absolute atomic E-state index is 0.0725. The maximum absolute atomic E-state index is 13.5. The predicted molar refractivity (Wildman–Crippen MR) is 137 cm³/mol. The molecule has 0 spiro atoms. The van der Waals surface area contributed by atoms with Gasteiger partial charge in [-0.15, -0.1) is 0 Å². The molecule has 0 bridgehead atoms. The molecule has 1 N–H and O–H groups in total. The van der Waals surface area contributed by atoms with Gasteiger partial charge in [-0.05, 0) is 59.5 Å². The van der Waals surface area contributed by atoms with E-state index in [-0.39, 0.29) is 24.1 Å². The summed E-state index contributed by atoms with van der Waals surface area (Å²) in [5.74, 6) is -0.502. The Bertz CT molecular complexity index is 1290. The van der Waals surface area contributed by atoms with Crippen LogP contribution >= 0.6 is 0 Å². The number of aryl methyl sites for hydroxylation is 1. The lowest BCUT2D eigenvalue weighted by atomic mass is 10.1. The molecule has 0 fully saturated rings. The summed E-state index contributed by atoms with van der Waals surface area (Å²) >= 11 is 0. The number of carbonyl (C=O) groups is 2. The van der Waals surface area contributed by atoms with Crippen LogP contribution in [0.25, 0.3) is 0 Å². The van der Waals surface area contributed by atoms with E-state index in [0.29, 0.717) is 18.7 Å². The van der Waals surface area contributed by atoms with Gasteiger partial charge in [0.25, 0.3) is 5.91 Å². The van der Waals surface area contributed by atoms with Crippen molar-refractivity contribution >= 4 is 17.5 Å². The van der Waals surface area contributed by atoms with Gasteiger partial charge in [-0.3, -0.25) is 9.59 Å². The second-order valence-corrected chi connectivity index (χ2v) is 8.44. The van der Waals surface area contributed by atoms with Crippen molar-refractivity contribution in [2.24, 2.45) is 0 Å². The molecular weight excluding hydrogens is 439 g/mol. The maximum Gasteiger partial charge on any atom is 0.258 e. The van der Waals surface area contributed by atoms with E-state index in [2.05, 4.69) is 5.32 Å². The molecule has 0 saturated heterocycles. The molecule has 2 amide bonds. The molecule has 176 valence electrons. The van der Waals surface area contributed by atoms with Crippen LogP contribution in [0.3, 0.4) is 0 Å². The molecule has 0 aliphatic heterocycles. The third-order valence-corrected chi connectivity index (χ3v) is 5.82. The van der Waals surface area contributed by atoms with Crippen LogP contribution in [-0.2, 0) is 24.3 Å². The SMILES string of the molecule is Cc1ccccc1C(=O)N(Cc1ccccc1)c1ccc(CC(=O)NCc2ccc(F)cc2)cc1. The molecule has 0 aliphatic carbocycles. The van der Waals surface area contributed by atoms with E-state index in [9.17, 15) is 14.0 Å². The number of nitrogens with zero attached hydrogens (tertiary/aromatic N) is 1. The van der Waals surface area contributed by atoms with Crippen molar-refractivity contribution in [2.75, 3.05) is 4.90 Å². The molecule has 4 nitrogen and oxygen atoms in total. The second-order valence-electron chi connectivity index (χ2n) is 8.44. The lowest BCUT2D eigenvalue weighted by molar-refractivity contribution is -0.120. The highest BCUT2D eigenvalue weighted by Crippen LogP contribution is 2.22. The molecule has 35 heavy (non-hydrogen) atoms. The molecule has 0 aromatic heterocycles. The van der Waals surface area contributed by atoms with Gasteiger partial charge in [0.15, 0.2) is 0 Å². The van der Waals surface area contributed by atoms with Crippen LogP contribution in [0.4, 0.5) is 10.1 Å². The zero-order valence-electron chi connectivity index (χ0n) is 19.6. The molecule has 0 aliphatic rings. The van der Waals surface area contributed by atoms with Crippen molar-refractivity contribution in [3.8, 4) is 0 Å². The van der Waals surface area contributed by atoms with Crippen LogP contribution in [0.1, 0.15) is 32.6 Å². The third-order valence-electron chi connectivity index (χ3n) is 5.82.